The number of rotatable bonds is 3. The Balaban J connectivity index is 2.31. The minimum atomic E-state index is -0.718. The van der Waals surface area contributed by atoms with Gasteiger partial charge in [0.2, 0.25) is 0 Å². The smallest absolute Gasteiger partial charge is 0.123 e. The van der Waals surface area contributed by atoms with E-state index in [0.29, 0.717) is 12.0 Å². The van der Waals surface area contributed by atoms with E-state index in [0.717, 1.165) is 21.2 Å². The number of benzene rings is 2. The third-order valence-corrected chi connectivity index (χ3v) is 4.08. The fourth-order valence-electron chi connectivity index (χ4n) is 2.24. The lowest BCUT2D eigenvalue weighted by Gasteiger charge is -2.16. The molecular formula is C16H16BrFO. The van der Waals surface area contributed by atoms with Gasteiger partial charge in [0.15, 0.2) is 0 Å². The Bertz CT molecular complexity index is 575. The van der Waals surface area contributed by atoms with Gasteiger partial charge in [0.05, 0.1) is 6.10 Å². The van der Waals surface area contributed by atoms with Gasteiger partial charge in [-0.25, -0.2) is 4.39 Å². The van der Waals surface area contributed by atoms with Crippen molar-refractivity contribution in [3.05, 3.63) is 68.9 Å². The lowest BCUT2D eigenvalue weighted by Crippen LogP contribution is -2.06. The minimum Gasteiger partial charge on any atom is -0.388 e. The molecule has 0 fully saturated rings. The Morgan fingerprint density at radius 2 is 1.79 bits per heavy atom. The topological polar surface area (TPSA) is 20.2 Å². The molecule has 1 atom stereocenters. The molecule has 1 nitrogen and oxygen atoms in total. The van der Waals surface area contributed by atoms with Crippen LogP contribution in [0.25, 0.3) is 0 Å². The summed E-state index contributed by atoms with van der Waals surface area (Å²) in [6.07, 6.45) is -0.231. The van der Waals surface area contributed by atoms with Crippen molar-refractivity contribution in [1.82, 2.24) is 0 Å². The summed E-state index contributed by atoms with van der Waals surface area (Å²) in [5.74, 6) is -0.334. The molecule has 100 valence electrons. The number of hydrogen-bond donors (Lipinski definition) is 1. The molecule has 0 heterocycles. The standard InChI is InChI=1S/C16H16BrFO/c1-10-4-3-5-11(2)13(10)9-16(19)14-8-12(18)6-7-15(14)17/h3-8,16,19H,9H2,1-2H3. The maximum Gasteiger partial charge on any atom is 0.123 e. The highest BCUT2D eigenvalue weighted by atomic mass is 79.9. The van der Waals surface area contributed by atoms with Gasteiger partial charge in [-0.3, -0.25) is 0 Å². The number of aryl methyl sites for hydroxylation is 2. The molecule has 0 aliphatic carbocycles. The van der Waals surface area contributed by atoms with Crippen LogP contribution in [0.2, 0.25) is 0 Å². The second-order valence-electron chi connectivity index (χ2n) is 4.76. The first kappa shape index (κ1) is 14.2. The Hall–Kier alpha value is -1.19. The monoisotopic (exact) mass is 322 g/mol. The van der Waals surface area contributed by atoms with Crippen molar-refractivity contribution in [2.45, 2.75) is 26.4 Å². The summed E-state index contributed by atoms with van der Waals surface area (Å²) in [7, 11) is 0. The molecule has 1 N–H and O–H groups in total. The molecule has 2 rings (SSSR count). The van der Waals surface area contributed by atoms with Crippen molar-refractivity contribution in [3.8, 4) is 0 Å². The van der Waals surface area contributed by atoms with Gasteiger partial charge < -0.3 is 5.11 Å². The van der Waals surface area contributed by atoms with Crippen LogP contribution in [0.5, 0.6) is 0 Å². The molecule has 1 unspecified atom stereocenters. The van der Waals surface area contributed by atoms with Crippen LogP contribution in [-0.2, 0) is 6.42 Å². The molecule has 2 aromatic carbocycles. The summed E-state index contributed by atoms with van der Waals surface area (Å²) in [4.78, 5) is 0. The average Bonchev–Trinajstić information content (AvgIpc) is 2.37. The second-order valence-corrected chi connectivity index (χ2v) is 5.61. The number of aliphatic hydroxyl groups is 1. The van der Waals surface area contributed by atoms with Gasteiger partial charge in [0.1, 0.15) is 5.82 Å². The van der Waals surface area contributed by atoms with Gasteiger partial charge in [-0.1, -0.05) is 34.1 Å². The highest BCUT2D eigenvalue weighted by Gasteiger charge is 2.15. The molecule has 0 aliphatic heterocycles. The molecule has 0 aliphatic rings. The van der Waals surface area contributed by atoms with E-state index in [2.05, 4.69) is 15.9 Å². The van der Waals surface area contributed by atoms with Crippen LogP contribution >= 0.6 is 15.9 Å². The van der Waals surface area contributed by atoms with Gasteiger partial charge in [0, 0.05) is 10.9 Å². The van der Waals surface area contributed by atoms with E-state index in [4.69, 9.17) is 0 Å². The summed E-state index contributed by atoms with van der Waals surface area (Å²) in [5.41, 5.74) is 3.99. The maximum atomic E-state index is 13.3. The molecule has 0 aromatic heterocycles. The fourth-order valence-corrected chi connectivity index (χ4v) is 2.76. The fraction of sp³-hybridized carbons (Fsp3) is 0.250. The van der Waals surface area contributed by atoms with E-state index in [-0.39, 0.29) is 5.82 Å². The second kappa shape index (κ2) is 5.85. The highest BCUT2D eigenvalue weighted by molar-refractivity contribution is 9.10. The quantitative estimate of drug-likeness (QED) is 0.883. The molecule has 0 saturated carbocycles. The van der Waals surface area contributed by atoms with Crippen LogP contribution in [0.3, 0.4) is 0 Å². The van der Waals surface area contributed by atoms with Crippen molar-refractivity contribution in [2.24, 2.45) is 0 Å². The third-order valence-electron chi connectivity index (χ3n) is 3.36. The van der Waals surface area contributed by atoms with Crippen molar-refractivity contribution in [1.29, 1.82) is 0 Å². The number of aliphatic hydroxyl groups excluding tert-OH is 1. The zero-order chi connectivity index (χ0) is 14.0. The van der Waals surface area contributed by atoms with Crippen LogP contribution in [0.15, 0.2) is 40.9 Å². The van der Waals surface area contributed by atoms with Crippen molar-refractivity contribution in [2.75, 3.05) is 0 Å². The normalized spacial score (nSPS) is 12.5. The first-order chi connectivity index (χ1) is 8.99. The Labute approximate surface area is 121 Å². The van der Waals surface area contributed by atoms with Crippen LogP contribution < -0.4 is 0 Å². The first-order valence-electron chi connectivity index (χ1n) is 6.17. The number of hydrogen-bond acceptors (Lipinski definition) is 1. The maximum absolute atomic E-state index is 13.3. The summed E-state index contributed by atoms with van der Waals surface area (Å²) in [6, 6.07) is 10.4. The van der Waals surface area contributed by atoms with E-state index in [1.165, 1.54) is 12.1 Å². The minimum absolute atomic E-state index is 0.334. The Morgan fingerprint density at radius 3 is 2.42 bits per heavy atom. The van der Waals surface area contributed by atoms with Gasteiger partial charge >= 0.3 is 0 Å². The molecule has 0 spiro atoms. The lowest BCUT2D eigenvalue weighted by molar-refractivity contribution is 0.177. The van der Waals surface area contributed by atoms with Crippen LogP contribution in [0.4, 0.5) is 4.39 Å². The summed E-state index contributed by atoms with van der Waals surface area (Å²) < 4.78 is 14.0. The van der Waals surface area contributed by atoms with Gasteiger partial charge in [0.25, 0.3) is 0 Å². The number of halogens is 2. The van der Waals surface area contributed by atoms with Crippen molar-refractivity contribution >= 4 is 15.9 Å². The zero-order valence-corrected chi connectivity index (χ0v) is 12.5. The third kappa shape index (κ3) is 3.23. The lowest BCUT2D eigenvalue weighted by atomic mass is 9.94. The summed E-state index contributed by atoms with van der Waals surface area (Å²) >= 11 is 3.35. The average molecular weight is 323 g/mol. The van der Waals surface area contributed by atoms with Crippen molar-refractivity contribution in [3.63, 3.8) is 0 Å². The summed E-state index contributed by atoms with van der Waals surface area (Å²) in [6.45, 7) is 4.05. The molecule has 19 heavy (non-hydrogen) atoms. The van der Waals surface area contributed by atoms with Crippen LogP contribution in [0.1, 0.15) is 28.4 Å². The van der Waals surface area contributed by atoms with E-state index in [1.54, 1.807) is 6.07 Å². The predicted molar refractivity (Wildman–Crippen MR) is 78.7 cm³/mol. The predicted octanol–water partition coefficient (Wildman–Crippen LogP) is 4.48. The molecule has 0 amide bonds. The van der Waals surface area contributed by atoms with E-state index in [9.17, 15) is 9.50 Å². The molecule has 0 saturated heterocycles. The van der Waals surface area contributed by atoms with E-state index >= 15 is 0 Å². The van der Waals surface area contributed by atoms with Crippen molar-refractivity contribution < 1.29 is 9.50 Å². The Kier molecular flexibility index (Phi) is 4.38. The van der Waals surface area contributed by atoms with Crippen LogP contribution in [-0.4, -0.2) is 5.11 Å². The highest BCUT2D eigenvalue weighted by Crippen LogP contribution is 2.28. The molecule has 0 radical (unpaired) electrons. The Morgan fingerprint density at radius 1 is 1.16 bits per heavy atom. The van der Waals surface area contributed by atoms with E-state index in [1.807, 2.05) is 32.0 Å². The zero-order valence-electron chi connectivity index (χ0n) is 11.0. The largest absolute Gasteiger partial charge is 0.388 e. The van der Waals surface area contributed by atoms with Gasteiger partial charge in [-0.15, -0.1) is 0 Å². The van der Waals surface area contributed by atoms with Gasteiger partial charge in [-0.05, 0) is 54.3 Å². The van der Waals surface area contributed by atoms with E-state index < -0.39 is 6.10 Å². The molecule has 0 bridgehead atoms. The molecular weight excluding hydrogens is 307 g/mol. The van der Waals surface area contributed by atoms with Gasteiger partial charge in [-0.2, -0.15) is 0 Å². The SMILES string of the molecule is Cc1cccc(C)c1CC(O)c1cc(F)ccc1Br. The first-order valence-corrected chi connectivity index (χ1v) is 6.96. The van der Waals surface area contributed by atoms with Crippen LogP contribution in [0, 0.1) is 19.7 Å². The molecule has 3 heteroatoms. The molecule has 2 aromatic rings. The summed E-state index contributed by atoms with van der Waals surface area (Å²) in [5, 5.41) is 10.3.